The Kier molecular flexibility index (Phi) is 3.82. The lowest BCUT2D eigenvalue weighted by Crippen LogP contribution is -2.58. The van der Waals surface area contributed by atoms with Crippen LogP contribution < -0.4 is 0 Å². The first kappa shape index (κ1) is 15.6. The second-order valence-electron chi connectivity index (χ2n) is 8.00. The highest BCUT2D eigenvalue weighted by Gasteiger charge is 2.52. The van der Waals surface area contributed by atoms with Crippen molar-refractivity contribution < 1.29 is 14.3 Å². The maximum absolute atomic E-state index is 12.6. The zero-order chi connectivity index (χ0) is 16.0. The molecule has 2 fully saturated rings. The summed E-state index contributed by atoms with van der Waals surface area (Å²) in [5.41, 5.74) is 0.848. The molecule has 22 heavy (non-hydrogen) atoms. The molecule has 4 heteroatoms. The van der Waals surface area contributed by atoms with Gasteiger partial charge in [0.2, 0.25) is 0 Å². The van der Waals surface area contributed by atoms with Crippen LogP contribution in [0.5, 0.6) is 0 Å². The molecule has 1 spiro atoms. The fourth-order valence-corrected chi connectivity index (χ4v) is 4.52. The number of allylic oxidation sites excluding steroid dienone is 1. The maximum Gasteiger partial charge on any atom is 0.410 e. The number of ketones is 1. The third-order valence-corrected chi connectivity index (χ3v) is 5.35. The summed E-state index contributed by atoms with van der Waals surface area (Å²) < 4.78 is 5.59. The van der Waals surface area contributed by atoms with Crippen molar-refractivity contribution in [3.63, 3.8) is 0 Å². The highest BCUT2D eigenvalue weighted by Crippen LogP contribution is 2.53. The van der Waals surface area contributed by atoms with Gasteiger partial charge in [0.05, 0.1) is 6.04 Å². The molecule has 1 saturated heterocycles. The third kappa shape index (κ3) is 2.68. The van der Waals surface area contributed by atoms with Crippen LogP contribution in [0, 0.1) is 5.41 Å². The Hall–Kier alpha value is -1.32. The van der Waals surface area contributed by atoms with Crippen molar-refractivity contribution in [2.75, 3.05) is 6.54 Å². The molecule has 2 atom stereocenters. The number of rotatable bonds is 0. The minimum Gasteiger partial charge on any atom is -0.444 e. The second kappa shape index (κ2) is 5.39. The minimum atomic E-state index is -0.494. The second-order valence-corrected chi connectivity index (χ2v) is 8.00. The highest BCUT2D eigenvalue weighted by molar-refractivity contribution is 5.93. The van der Waals surface area contributed by atoms with Crippen LogP contribution in [-0.4, -0.2) is 35.0 Å². The molecule has 0 bridgehead atoms. The molecular formula is C18H27NO3. The fraction of sp³-hybridized carbons (Fsp3) is 0.778. The number of likely N-dealkylation sites (tertiary alicyclic amines) is 1. The number of carbonyl (C=O) groups excluding carboxylic acids is 2. The summed E-state index contributed by atoms with van der Waals surface area (Å²) >= 11 is 0. The Bertz CT molecular complexity index is 513. The van der Waals surface area contributed by atoms with E-state index in [9.17, 15) is 9.59 Å². The van der Waals surface area contributed by atoms with E-state index in [-0.39, 0.29) is 23.3 Å². The van der Waals surface area contributed by atoms with Crippen LogP contribution in [-0.2, 0) is 9.53 Å². The Morgan fingerprint density at radius 3 is 2.73 bits per heavy atom. The monoisotopic (exact) mass is 305 g/mol. The maximum atomic E-state index is 12.6. The molecule has 122 valence electrons. The van der Waals surface area contributed by atoms with Crippen molar-refractivity contribution in [2.24, 2.45) is 5.41 Å². The Morgan fingerprint density at radius 1 is 1.27 bits per heavy atom. The topological polar surface area (TPSA) is 46.6 Å². The van der Waals surface area contributed by atoms with E-state index in [1.54, 1.807) is 0 Å². The Balaban J connectivity index is 1.90. The molecule has 1 heterocycles. The van der Waals surface area contributed by atoms with E-state index < -0.39 is 5.60 Å². The lowest BCUT2D eigenvalue weighted by atomic mass is 9.58. The number of piperidine rings is 1. The summed E-state index contributed by atoms with van der Waals surface area (Å²) in [6.45, 7) is 6.38. The predicted molar refractivity (Wildman–Crippen MR) is 84.6 cm³/mol. The quantitative estimate of drug-likeness (QED) is 0.683. The summed E-state index contributed by atoms with van der Waals surface area (Å²) in [6.07, 6.45) is 8.69. The average molecular weight is 305 g/mol. The number of ether oxygens (including phenoxy) is 1. The summed E-state index contributed by atoms with van der Waals surface area (Å²) in [5.74, 6) is 0.174. The first-order chi connectivity index (χ1) is 10.3. The Labute approximate surface area is 132 Å². The van der Waals surface area contributed by atoms with Crippen molar-refractivity contribution in [3.8, 4) is 0 Å². The third-order valence-electron chi connectivity index (χ3n) is 5.35. The molecule has 0 aromatic heterocycles. The lowest BCUT2D eigenvalue weighted by molar-refractivity contribution is -0.119. The molecule has 1 aliphatic heterocycles. The molecule has 3 aliphatic rings. The molecule has 0 N–H and O–H groups in total. The zero-order valence-electron chi connectivity index (χ0n) is 14.0. The number of hydrogen-bond donors (Lipinski definition) is 0. The molecule has 0 unspecified atom stereocenters. The van der Waals surface area contributed by atoms with E-state index in [4.69, 9.17) is 4.74 Å². The molecule has 4 nitrogen and oxygen atoms in total. The van der Waals surface area contributed by atoms with E-state index >= 15 is 0 Å². The number of amides is 1. The highest BCUT2D eigenvalue weighted by atomic mass is 16.6. The van der Waals surface area contributed by atoms with Gasteiger partial charge in [-0.15, -0.1) is 0 Å². The van der Waals surface area contributed by atoms with Crippen molar-refractivity contribution in [1.29, 1.82) is 0 Å². The largest absolute Gasteiger partial charge is 0.444 e. The predicted octanol–water partition coefficient (Wildman–Crippen LogP) is 3.85. The van der Waals surface area contributed by atoms with Crippen molar-refractivity contribution in [3.05, 3.63) is 11.6 Å². The van der Waals surface area contributed by atoms with Crippen molar-refractivity contribution >= 4 is 11.9 Å². The van der Waals surface area contributed by atoms with Crippen LogP contribution >= 0.6 is 0 Å². The Morgan fingerprint density at radius 2 is 2.00 bits per heavy atom. The number of nitrogens with zero attached hydrogens (tertiary/aromatic N) is 1. The van der Waals surface area contributed by atoms with Crippen LogP contribution in [0.3, 0.4) is 0 Å². The summed E-state index contributed by atoms with van der Waals surface area (Å²) in [5, 5.41) is 0. The van der Waals surface area contributed by atoms with Crippen LogP contribution in [0.4, 0.5) is 4.79 Å². The average Bonchev–Trinajstić information content (AvgIpc) is 2.42. The molecule has 1 amide bonds. The minimum absolute atomic E-state index is 0.00361. The summed E-state index contributed by atoms with van der Waals surface area (Å²) in [6, 6.07) is 0.00361. The molecule has 2 aliphatic carbocycles. The van der Waals surface area contributed by atoms with Gasteiger partial charge in [0.25, 0.3) is 0 Å². The first-order valence-electron chi connectivity index (χ1n) is 8.55. The van der Waals surface area contributed by atoms with Gasteiger partial charge < -0.3 is 9.64 Å². The first-order valence-corrected chi connectivity index (χ1v) is 8.55. The van der Waals surface area contributed by atoms with E-state index in [0.29, 0.717) is 13.0 Å². The van der Waals surface area contributed by atoms with Gasteiger partial charge in [-0.3, -0.25) is 4.79 Å². The normalized spacial score (nSPS) is 32.0. The SMILES string of the molecule is CC(C)(C)OC(=O)N1CCC[C@]23CCCCC2=CC(=O)C[C@H]13. The molecule has 0 aromatic rings. The summed E-state index contributed by atoms with van der Waals surface area (Å²) in [7, 11) is 0. The van der Waals surface area contributed by atoms with Gasteiger partial charge in [-0.05, 0) is 59.0 Å². The molecule has 3 rings (SSSR count). The smallest absolute Gasteiger partial charge is 0.410 e. The standard InChI is InChI=1S/C18H27NO3/c1-17(2,3)22-16(21)19-10-6-9-18-8-5-4-7-13(18)11-14(20)12-15(18)19/h11,15H,4-10,12H2,1-3H3/t15-,18+/m0/s1. The van der Waals surface area contributed by atoms with E-state index in [1.807, 2.05) is 31.7 Å². The van der Waals surface area contributed by atoms with E-state index in [1.165, 1.54) is 18.4 Å². The van der Waals surface area contributed by atoms with Crippen LogP contribution in [0.2, 0.25) is 0 Å². The van der Waals surface area contributed by atoms with Crippen molar-refractivity contribution in [1.82, 2.24) is 4.90 Å². The van der Waals surface area contributed by atoms with E-state index in [0.717, 1.165) is 25.7 Å². The van der Waals surface area contributed by atoms with Crippen molar-refractivity contribution in [2.45, 2.75) is 77.4 Å². The number of carbonyl (C=O) groups is 2. The van der Waals surface area contributed by atoms with Gasteiger partial charge in [-0.1, -0.05) is 12.0 Å². The van der Waals surface area contributed by atoms with Gasteiger partial charge in [-0.2, -0.15) is 0 Å². The van der Waals surface area contributed by atoms with Crippen LogP contribution in [0.15, 0.2) is 11.6 Å². The molecular weight excluding hydrogens is 278 g/mol. The van der Waals surface area contributed by atoms with Gasteiger partial charge in [-0.25, -0.2) is 4.79 Å². The molecule has 0 aromatic carbocycles. The lowest BCUT2D eigenvalue weighted by Gasteiger charge is -2.54. The van der Waals surface area contributed by atoms with Gasteiger partial charge >= 0.3 is 6.09 Å². The number of hydrogen-bond acceptors (Lipinski definition) is 3. The molecule has 1 saturated carbocycles. The van der Waals surface area contributed by atoms with Gasteiger partial charge in [0, 0.05) is 18.4 Å². The van der Waals surface area contributed by atoms with Crippen LogP contribution in [0.1, 0.15) is 65.7 Å². The summed E-state index contributed by atoms with van der Waals surface area (Å²) in [4.78, 5) is 26.6. The van der Waals surface area contributed by atoms with Gasteiger partial charge in [0.15, 0.2) is 5.78 Å². The zero-order valence-corrected chi connectivity index (χ0v) is 14.0. The van der Waals surface area contributed by atoms with Crippen LogP contribution in [0.25, 0.3) is 0 Å². The fourth-order valence-electron chi connectivity index (χ4n) is 4.52. The van der Waals surface area contributed by atoms with Gasteiger partial charge in [0.1, 0.15) is 5.60 Å². The van der Waals surface area contributed by atoms with E-state index in [2.05, 4.69) is 0 Å². The molecule has 0 radical (unpaired) electrons.